The van der Waals surface area contributed by atoms with Gasteiger partial charge in [0.05, 0.1) is 0 Å². The van der Waals surface area contributed by atoms with Gasteiger partial charge >= 0.3 is 0 Å². The normalized spacial score (nSPS) is 17.5. The van der Waals surface area contributed by atoms with Gasteiger partial charge in [-0.2, -0.15) is 0 Å². The standard InChI is InChI=1S/C15H23NO/c1-12-4-3-5-15(13(12)2)16-9-6-14(7-10-16)8-11-17/h3-5,14,17H,6-11H2,1-2H3. The summed E-state index contributed by atoms with van der Waals surface area (Å²) in [5, 5.41) is 8.97. The van der Waals surface area contributed by atoms with Crippen LogP contribution in [0.25, 0.3) is 0 Å². The van der Waals surface area contributed by atoms with Crippen molar-refractivity contribution in [1.82, 2.24) is 0 Å². The Kier molecular flexibility index (Phi) is 4.06. The average Bonchev–Trinajstić information content (AvgIpc) is 2.34. The van der Waals surface area contributed by atoms with Crippen molar-refractivity contribution in [2.75, 3.05) is 24.6 Å². The van der Waals surface area contributed by atoms with E-state index < -0.39 is 0 Å². The Morgan fingerprint density at radius 2 is 1.94 bits per heavy atom. The average molecular weight is 233 g/mol. The molecule has 0 aromatic heterocycles. The van der Waals surface area contributed by atoms with Crippen LogP contribution in [0, 0.1) is 19.8 Å². The van der Waals surface area contributed by atoms with E-state index in [1.807, 2.05) is 0 Å². The van der Waals surface area contributed by atoms with Crippen LogP contribution >= 0.6 is 0 Å². The van der Waals surface area contributed by atoms with Crippen LogP contribution in [0.1, 0.15) is 30.4 Å². The predicted molar refractivity (Wildman–Crippen MR) is 72.6 cm³/mol. The zero-order valence-corrected chi connectivity index (χ0v) is 10.9. The molecule has 0 bridgehead atoms. The molecule has 0 atom stereocenters. The van der Waals surface area contributed by atoms with E-state index in [4.69, 9.17) is 5.11 Å². The molecule has 0 unspecified atom stereocenters. The smallest absolute Gasteiger partial charge is 0.0433 e. The minimum atomic E-state index is 0.341. The fourth-order valence-corrected chi connectivity index (χ4v) is 2.72. The van der Waals surface area contributed by atoms with Crippen molar-refractivity contribution in [3.8, 4) is 0 Å². The number of aliphatic hydroxyl groups excluding tert-OH is 1. The number of aliphatic hydroxyl groups is 1. The van der Waals surface area contributed by atoms with E-state index in [9.17, 15) is 0 Å². The van der Waals surface area contributed by atoms with Gasteiger partial charge in [-0.25, -0.2) is 0 Å². The highest BCUT2D eigenvalue weighted by atomic mass is 16.3. The van der Waals surface area contributed by atoms with Crippen LogP contribution < -0.4 is 4.90 Å². The Labute approximate surface area is 104 Å². The maximum atomic E-state index is 8.97. The zero-order chi connectivity index (χ0) is 12.3. The van der Waals surface area contributed by atoms with E-state index in [-0.39, 0.29) is 0 Å². The number of benzene rings is 1. The molecule has 2 nitrogen and oxygen atoms in total. The number of hydrogen-bond donors (Lipinski definition) is 1. The molecule has 0 amide bonds. The summed E-state index contributed by atoms with van der Waals surface area (Å²) in [4.78, 5) is 2.50. The maximum Gasteiger partial charge on any atom is 0.0433 e. The summed E-state index contributed by atoms with van der Waals surface area (Å²) in [7, 11) is 0. The van der Waals surface area contributed by atoms with Gasteiger partial charge in [0.1, 0.15) is 0 Å². The lowest BCUT2D eigenvalue weighted by molar-refractivity contribution is 0.240. The van der Waals surface area contributed by atoms with Gasteiger partial charge in [-0.1, -0.05) is 12.1 Å². The number of hydrogen-bond acceptors (Lipinski definition) is 2. The fourth-order valence-electron chi connectivity index (χ4n) is 2.72. The molecule has 0 saturated carbocycles. The molecule has 94 valence electrons. The van der Waals surface area contributed by atoms with Crippen LogP contribution in [-0.2, 0) is 0 Å². The maximum absolute atomic E-state index is 8.97. The summed E-state index contributed by atoms with van der Waals surface area (Å²) in [6.07, 6.45) is 3.41. The number of rotatable bonds is 3. The minimum absolute atomic E-state index is 0.341. The predicted octanol–water partition coefficient (Wildman–Crippen LogP) is 2.90. The molecule has 1 aliphatic heterocycles. The first-order valence-electron chi connectivity index (χ1n) is 6.64. The lowest BCUT2D eigenvalue weighted by Gasteiger charge is -2.34. The molecular formula is C15H23NO. The molecule has 1 saturated heterocycles. The summed E-state index contributed by atoms with van der Waals surface area (Å²) in [6.45, 7) is 7.00. The van der Waals surface area contributed by atoms with Crippen molar-refractivity contribution >= 4 is 5.69 Å². The van der Waals surface area contributed by atoms with Crippen molar-refractivity contribution in [3.05, 3.63) is 29.3 Å². The molecular weight excluding hydrogens is 210 g/mol. The summed E-state index contributed by atoms with van der Waals surface area (Å²) in [5.41, 5.74) is 4.18. The zero-order valence-electron chi connectivity index (χ0n) is 10.9. The SMILES string of the molecule is Cc1cccc(N2CCC(CCO)CC2)c1C. The molecule has 0 aliphatic carbocycles. The van der Waals surface area contributed by atoms with E-state index in [0.717, 1.165) is 25.4 Å². The summed E-state index contributed by atoms with van der Waals surface area (Å²) < 4.78 is 0. The second kappa shape index (κ2) is 5.54. The van der Waals surface area contributed by atoms with Gasteiger partial charge in [0.25, 0.3) is 0 Å². The third kappa shape index (κ3) is 2.81. The molecule has 1 fully saturated rings. The number of anilines is 1. The van der Waals surface area contributed by atoms with Gasteiger partial charge in [0.2, 0.25) is 0 Å². The van der Waals surface area contributed by atoms with Gasteiger partial charge in [-0.05, 0) is 56.2 Å². The lowest BCUT2D eigenvalue weighted by atomic mass is 9.93. The van der Waals surface area contributed by atoms with Crippen LogP contribution in [-0.4, -0.2) is 24.8 Å². The largest absolute Gasteiger partial charge is 0.396 e. The van der Waals surface area contributed by atoms with Gasteiger partial charge in [-0.15, -0.1) is 0 Å². The van der Waals surface area contributed by atoms with E-state index >= 15 is 0 Å². The minimum Gasteiger partial charge on any atom is -0.396 e. The molecule has 1 aromatic carbocycles. The van der Waals surface area contributed by atoms with Gasteiger partial charge in [0.15, 0.2) is 0 Å². The van der Waals surface area contributed by atoms with E-state index in [1.54, 1.807) is 0 Å². The van der Waals surface area contributed by atoms with Crippen LogP contribution in [0.2, 0.25) is 0 Å². The molecule has 1 heterocycles. The molecule has 2 rings (SSSR count). The fraction of sp³-hybridized carbons (Fsp3) is 0.600. The van der Waals surface area contributed by atoms with Gasteiger partial charge < -0.3 is 10.0 Å². The van der Waals surface area contributed by atoms with Crippen molar-refractivity contribution in [2.45, 2.75) is 33.1 Å². The van der Waals surface area contributed by atoms with Crippen LogP contribution in [0.3, 0.4) is 0 Å². The van der Waals surface area contributed by atoms with Gasteiger partial charge in [-0.3, -0.25) is 0 Å². The highest BCUT2D eigenvalue weighted by molar-refractivity contribution is 5.56. The number of nitrogens with zero attached hydrogens (tertiary/aromatic N) is 1. The third-order valence-corrected chi connectivity index (χ3v) is 4.07. The summed E-state index contributed by atoms with van der Waals surface area (Å²) >= 11 is 0. The van der Waals surface area contributed by atoms with Crippen LogP contribution in [0.15, 0.2) is 18.2 Å². The monoisotopic (exact) mass is 233 g/mol. The van der Waals surface area contributed by atoms with Crippen molar-refractivity contribution in [2.24, 2.45) is 5.92 Å². The Bertz CT molecular complexity index is 367. The van der Waals surface area contributed by atoms with E-state index in [1.165, 1.54) is 29.7 Å². The highest BCUT2D eigenvalue weighted by Crippen LogP contribution is 2.28. The van der Waals surface area contributed by atoms with Gasteiger partial charge in [0, 0.05) is 25.4 Å². The number of aryl methyl sites for hydroxylation is 1. The molecule has 17 heavy (non-hydrogen) atoms. The van der Waals surface area contributed by atoms with Crippen molar-refractivity contribution in [3.63, 3.8) is 0 Å². The summed E-state index contributed by atoms with van der Waals surface area (Å²) in [5.74, 6) is 0.723. The third-order valence-electron chi connectivity index (χ3n) is 4.07. The highest BCUT2D eigenvalue weighted by Gasteiger charge is 2.20. The van der Waals surface area contributed by atoms with Crippen LogP contribution in [0.4, 0.5) is 5.69 Å². The first kappa shape index (κ1) is 12.4. The van der Waals surface area contributed by atoms with Crippen molar-refractivity contribution in [1.29, 1.82) is 0 Å². The molecule has 1 aromatic rings. The quantitative estimate of drug-likeness (QED) is 0.867. The summed E-state index contributed by atoms with van der Waals surface area (Å²) in [6, 6.07) is 6.56. The Balaban J connectivity index is 2.03. The molecule has 0 spiro atoms. The Morgan fingerprint density at radius 3 is 2.59 bits per heavy atom. The van der Waals surface area contributed by atoms with Crippen molar-refractivity contribution < 1.29 is 5.11 Å². The Hall–Kier alpha value is -1.02. The Morgan fingerprint density at radius 1 is 1.24 bits per heavy atom. The topological polar surface area (TPSA) is 23.5 Å². The molecule has 1 N–H and O–H groups in total. The lowest BCUT2D eigenvalue weighted by Crippen LogP contribution is -2.34. The second-order valence-corrected chi connectivity index (χ2v) is 5.16. The second-order valence-electron chi connectivity index (χ2n) is 5.16. The molecule has 0 radical (unpaired) electrons. The van der Waals surface area contributed by atoms with E-state index in [0.29, 0.717) is 6.61 Å². The first-order chi connectivity index (χ1) is 8.22. The number of piperidine rings is 1. The van der Waals surface area contributed by atoms with Crippen LogP contribution in [0.5, 0.6) is 0 Å². The molecule has 1 aliphatic rings. The first-order valence-corrected chi connectivity index (χ1v) is 6.64. The van der Waals surface area contributed by atoms with E-state index in [2.05, 4.69) is 36.9 Å². The molecule has 2 heteroatoms.